The number of likely N-dealkylation sites (N-methyl/N-ethyl adjacent to an activating group) is 1. The molecule has 8 heteroatoms. The quantitative estimate of drug-likeness (QED) is 0.778. The van der Waals surface area contributed by atoms with E-state index in [0.29, 0.717) is 6.54 Å². The van der Waals surface area contributed by atoms with Gasteiger partial charge in [0.15, 0.2) is 5.82 Å². The molecule has 2 aliphatic rings. The molecule has 1 N–H and O–H groups in total. The average molecular weight is 378 g/mol. The maximum absolute atomic E-state index is 12.7. The van der Waals surface area contributed by atoms with E-state index >= 15 is 0 Å². The van der Waals surface area contributed by atoms with Crippen molar-refractivity contribution in [3.05, 3.63) is 12.2 Å². The summed E-state index contributed by atoms with van der Waals surface area (Å²) in [4.78, 5) is 19.4. The third-order valence-corrected chi connectivity index (χ3v) is 6.16. The molecule has 0 atom stereocenters. The maximum atomic E-state index is 12.7. The predicted molar refractivity (Wildman–Crippen MR) is 105 cm³/mol. The van der Waals surface area contributed by atoms with Crippen LogP contribution in [-0.4, -0.2) is 87.9 Å². The lowest BCUT2D eigenvalue weighted by Gasteiger charge is -2.45. The Morgan fingerprint density at radius 3 is 2.63 bits per heavy atom. The molecule has 1 aromatic rings. The van der Waals surface area contributed by atoms with Crippen molar-refractivity contribution in [2.45, 2.75) is 57.7 Å². The van der Waals surface area contributed by atoms with Gasteiger partial charge in [0.25, 0.3) is 0 Å². The van der Waals surface area contributed by atoms with Gasteiger partial charge in [0.2, 0.25) is 0 Å². The standard InChI is InChI=1S/C19H35N7O/c1-4-9-25-16-21-22-17(25)14-24(3)18(27)20-15-19(7-5-6-8-19)26-12-10-23(2)11-13-26/h16H,4-15H2,1-3H3,(H,20,27). The molecule has 1 aromatic heterocycles. The maximum Gasteiger partial charge on any atom is 0.317 e. The Labute approximate surface area is 162 Å². The molecule has 1 aliphatic carbocycles. The van der Waals surface area contributed by atoms with Gasteiger partial charge in [-0.3, -0.25) is 4.90 Å². The van der Waals surface area contributed by atoms with Crippen molar-refractivity contribution in [2.24, 2.45) is 0 Å². The molecule has 3 rings (SSSR count). The Bertz CT molecular complexity index is 603. The summed E-state index contributed by atoms with van der Waals surface area (Å²) in [6.07, 6.45) is 7.66. The second kappa shape index (κ2) is 9.01. The van der Waals surface area contributed by atoms with Crippen LogP contribution in [0.4, 0.5) is 4.79 Å². The number of hydrogen-bond donors (Lipinski definition) is 1. The van der Waals surface area contributed by atoms with Crippen LogP contribution >= 0.6 is 0 Å². The number of amides is 2. The fourth-order valence-corrected chi connectivity index (χ4v) is 4.41. The Kier molecular flexibility index (Phi) is 6.70. The fraction of sp³-hybridized carbons (Fsp3) is 0.842. The van der Waals surface area contributed by atoms with Gasteiger partial charge in [-0.15, -0.1) is 10.2 Å². The van der Waals surface area contributed by atoms with Crippen molar-refractivity contribution in [3.63, 3.8) is 0 Å². The van der Waals surface area contributed by atoms with E-state index in [9.17, 15) is 4.79 Å². The third-order valence-electron chi connectivity index (χ3n) is 6.16. The largest absolute Gasteiger partial charge is 0.336 e. The van der Waals surface area contributed by atoms with Crippen LogP contribution in [0.5, 0.6) is 0 Å². The minimum absolute atomic E-state index is 0.0264. The van der Waals surface area contributed by atoms with Crippen LogP contribution in [0.2, 0.25) is 0 Å². The Morgan fingerprint density at radius 1 is 1.26 bits per heavy atom. The lowest BCUT2D eigenvalue weighted by atomic mass is 9.94. The van der Waals surface area contributed by atoms with Crippen LogP contribution in [0.1, 0.15) is 44.9 Å². The van der Waals surface area contributed by atoms with Crippen LogP contribution in [0.3, 0.4) is 0 Å². The molecular formula is C19H35N7O. The van der Waals surface area contributed by atoms with Crippen molar-refractivity contribution >= 4 is 6.03 Å². The zero-order chi connectivity index (χ0) is 19.3. The highest BCUT2D eigenvalue weighted by Gasteiger charge is 2.40. The van der Waals surface area contributed by atoms with Gasteiger partial charge < -0.3 is 19.7 Å². The van der Waals surface area contributed by atoms with Crippen LogP contribution in [0.25, 0.3) is 0 Å². The summed E-state index contributed by atoms with van der Waals surface area (Å²) in [6, 6.07) is -0.0264. The zero-order valence-electron chi connectivity index (χ0n) is 17.2. The van der Waals surface area contributed by atoms with E-state index < -0.39 is 0 Å². The summed E-state index contributed by atoms with van der Waals surface area (Å²) < 4.78 is 2.02. The number of nitrogens with one attached hydrogen (secondary N) is 1. The molecule has 1 aliphatic heterocycles. The minimum atomic E-state index is -0.0264. The summed E-state index contributed by atoms with van der Waals surface area (Å²) >= 11 is 0. The lowest BCUT2D eigenvalue weighted by molar-refractivity contribution is 0.0435. The second-order valence-electron chi connectivity index (χ2n) is 8.18. The highest BCUT2D eigenvalue weighted by molar-refractivity contribution is 5.73. The van der Waals surface area contributed by atoms with E-state index in [1.807, 2.05) is 11.6 Å². The summed E-state index contributed by atoms with van der Waals surface area (Å²) in [7, 11) is 4.02. The SMILES string of the molecule is CCCn1cnnc1CN(C)C(=O)NCC1(N2CCN(C)CC2)CCCC1. The topological polar surface area (TPSA) is 69.5 Å². The van der Waals surface area contributed by atoms with E-state index in [1.165, 1.54) is 25.7 Å². The number of hydrogen-bond acceptors (Lipinski definition) is 5. The van der Waals surface area contributed by atoms with E-state index in [2.05, 4.69) is 39.3 Å². The van der Waals surface area contributed by atoms with Gasteiger partial charge in [0, 0.05) is 51.9 Å². The Hall–Kier alpha value is -1.67. The third kappa shape index (κ3) is 4.79. The van der Waals surface area contributed by atoms with Crippen molar-refractivity contribution in [3.8, 4) is 0 Å². The van der Waals surface area contributed by atoms with Crippen molar-refractivity contribution in [1.82, 2.24) is 34.8 Å². The van der Waals surface area contributed by atoms with Crippen LogP contribution in [-0.2, 0) is 13.1 Å². The molecule has 1 saturated heterocycles. The monoisotopic (exact) mass is 377 g/mol. The van der Waals surface area contributed by atoms with E-state index in [4.69, 9.17) is 0 Å². The molecule has 0 radical (unpaired) electrons. The first kappa shape index (κ1) is 20.1. The minimum Gasteiger partial charge on any atom is -0.336 e. The Morgan fingerprint density at radius 2 is 1.96 bits per heavy atom. The molecule has 0 aromatic carbocycles. The average Bonchev–Trinajstić information content (AvgIpc) is 3.31. The number of nitrogens with zero attached hydrogens (tertiary/aromatic N) is 6. The van der Waals surface area contributed by atoms with Crippen molar-refractivity contribution in [1.29, 1.82) is 0 Å². The van der Waals surface area contributed by atoms with E-state index in [0.717, 1.165) is 51.5 Å². The van der Waals surface area contributed by atoms with Gasteiger partial charge in [-0.05, 0) is 26.3 Å². The smallest absolute Gasteiger partial charge is 0.317 e. The molecule has 2 amide bonds. The highest BCUT2D eigenvalue weighted by Crippen LogP contribution is 2.35. The number of aromatic nitrogens is 3. The molecule has 2 heterocycles. The molecule has 0 unspecified atom stereocenters. The van der Waals surface area contributed by atoms with Gasteiger partial charge in [-0.2, -0.15) is 0 Å². The normalized spacial score (nSPS) is 20.7. The fourth-order valence-electron chi connectivity index (χ4n) is 4.41. The molecule has 1 saturated carbocycles. The van der Waals surface area contributed by atoms with Gasteiger partial charge in [-0.25, -0.2) is 4.79 Å². The van der Waals surface area contributed by atoms with Gasteiger partial charge in [0.1, 0.15) is 6.33 Å². The molecule has 2 fully saturated rings. The first-order valence-corrected chi connectivity index (χ1v) is 10.3. The number of carbonyl (C=O) groups excluding carboxylic acids is 1. The Balaban J connectivity index is 1.55. The highest BCUT2D eigenvalue weighted by atomic mass is 16.2. The zero-order valence-corrected chi connectivity index (χ0v) is 17.2. The summed E-state index contributed by atoms with van der Waals surface area (Å²) in [5.41, 5.74) is 0.139. The molecule has 8 nitrogen and oxygen atoms in total. The molecular weight excluding hydrogens is 342 g/mol. The predicted octanol–water partition coefficient (Wildman–Crippen LogP) is 1.39. The van der Waals surface area contributed by atoms with Crippen molar-refractivity contribution in [2.75, 3.05) is 46.8 Å². The van der Waals surface area contributed by atoms with Crippen molar-refractivity contribution < 1.29 is 4.79 Å². The molecule has 0 spiro atoms. The van der Waals surface area contributed by atoms with E-state index in [-0.39, 0.29) is 11.6 Å². The molecule has 152 valence electrons. The molecule has 27 heavy (non-hydrogen) atoms. The summed E-state index contributed by atoms with van der Waals surface area (Å²) in [6.45, 7) is 8.65. The number of carbonyl (C=O) groups is 1. The van der Waals surface area contributed by atoms with Crippen LogP contribution < -0.4 is 5.32 Å². The van der Waals surface area contributed by atoms with Gasteiger partial charge >= 0.3 is 6.03 Å². The number of rotatable bonds is 7. The van der Waals surface area contributed by atoms with Gasteiger partial charge in [-0.1, -0.05) is 19.8 Å². The number of piperazine rings is 1. The second-order valence-corrected chi connectivity index (χ2v) is 8.18. The summed E-state index contributed by atoms with van der Waals surface area (Å²) in [5, 5.41) is 11.4. The number of urea groups is 1. The van der Waals surface area contributed by atoms with Crippen LogP contribution in [0.15, 0.2) is 6.33 Å². The first-order chi connectivity index (χ1) is 13.0. The van der Waals surface area contributed by atoms with Crippen LogP contribution in [0, 0.1) is 0 Å². The summed E-state index contributed by atoms with van der Waals surface area (Å²) in [5.74, 6) is 0.837. The molecule has 0 bridgehead atoms. The number of aryl methyl sites for hydroxylation is 1. The lowest BCUT2D eigenvalue weighted by Crippen LogP contribution is -2.60. The van der Waals surface area contributed by atoms with Gasteiger partial charge in [0.05, 0.1) is 6.54 Å². The van der Waals surface area contributed by atoms with E-state index in [1.54, 1.807) is 11.2 Å². The first-order valence-electron chi connectivity index (χ1n) is 10.3.